The summed E-state index contributed by atoms with van der Waals surface area (Å²) in [6.45, 7) is 4.13. The zero-order valence-electron chi connectivity index (χ0n) is 11.3. The second-order valence-corrected chi connectivity index (χ2v) is 4.55. The number of hydrogen-bond donors (Lipinski definition) is 0. The monoisotopic (exact) mass is 247 g/mol. The Morgan fingerprint density at radius 1 is 0.895 bits per heavy atom. The van der Waals surface area contributed by atoms with Gasteiger partial charge >= 0.3 is 0 Å². The van der Waals surface area contributed by atoms with Crippen molar-refractivity contribution in [1.82, 2.24) is 0 Å². The highest BCUT2D eigenvalue weighted by Crippen LogP contribution is 2.04. The van der Waals surface area contributed by atoms with Crippen LogP contribution in [-0.2, 0) is 0 Å². The third-order valence-corrected chi connectivity index (χ3v) is 2.53. The largest absolute Gasteiger partial charge is 0.273 e. The van der Waals surface area contributed by atoms with Crippen molar-refractivity contribution in [3.05, 3.63) is 71.8 Å². The molecule has 19 heavy (non-hydrogen) atoms. The third-order valence-electron chi connectivity index (χ3n) is 2.53. The normalized spacial score (nSPS) is 11.0. The summed E-state index contributed by atoms with van der Waals surface area (Å²) in [7, 11) is 0. The molecule has 0 N–H and O–H groups in total. The molecule has 0 saturated carbocycles. The van der Waals surface area contributed by atoms with Gasteiger partial charge in [0, 0.05) is 17.2 Å². The highest BCUT2D eigenvalue weighted by Gasteiger charge is 2.00. The van der Waals surface area contributed by atoms with Crippen molar-refractivity contribution in [1.29, 1.82) is 0 Å². The Kier molecular flexibility index (Phi) is 4.53. The zero-order valence-corrected chi connectivity index (χ0v) is 11.3. The summed E-state index contributed by atoms with van der Waals surface area (Å²) in [4.78, 5) is 4.61. The summed E-state index contributed by atoms with van der Waals surface area (Å²) < 4.78 is 0. The first-order valence-corrected chi connectivity index (χ1v) is 6.46. The Bertz CT molecular complexity index is 598. The lowest BCUT2D eigenvalue weighted by Gasteiger charge is -2.02. The van der Waals surface area contributed by atoms with E-state index in [9.17, 15) is 0 Å². The van der Waals surface area contributed by atoms with Crippen molar-refractivity contribution in [3.63, 3.8) is 0 Å². The number of benzene rings is 2. The van der Waals surface area contributed by atoms with E-state index in [0.717, 1.165) is 16.8 Å². The van der Waals surface area contributed by atoms with Crippen LogP contribution >= 0.6 is 0 Å². The van der Waals surface area contributed by atoms with E-state index < -0.39 is 0 Å². The number of nitrogens with zero attached hydrogens (tertiary/aromatic N) is 1. The molecule has 1 heteroatoms. The van der Waals surface area contributed by atoms with E-state index >= 15 is 0 Å². The van der Waals surface area contributed by atoms with Crippen molar-refractivity contribution in [2.24, 2.45) is 4.99 Å². The summed E-state index contributed by atoms with van der Waals surface area (Å²) in [5, 5.41) is 0. The average Bonchev–Trinajstić information content (AvgIpc) is 2.45. The van der Waals surface area contributed by atoms with Crippen LogP contribution < -0.4 is 0 Å². The lowest BCUT2D eigenvalue weighted by Crippen LogP contribution is -2.02. The predicted octanol–water partition coefficient (Wildman–Crippen LogP) is 3.94. The molecule has 2 aromatic carbocycles. The van der Waals surface area contributed by atoms with E-state index in [4.69, 9.17) is 0 Å². The molecular formula is C18H17N. The third kappa shape index (κ3) is 4.12. The molecule has 0 aliphatic heterocycles. The van der Waals surface area contributed by atoms with Gasteiger partial charge in [0.1, 0.15) is 5.71 Å². The van der Waals surface area contributed by atoms with E-state index in [2.05, 4.69) is 30.7 Å². The SMILES string of the molecule is CC(C)N=C(C#Cc1ccccc1)c1ccccc1. The van der Waals surface area contributed by atoms with E-state index in [1.165, 1.54) is 0 Å². The summed E-state index contributed by atoms with van der Waals surface area (Å²) in [6, 6.07) is 20.3. The summed E-state index contributed by atoms with van der Waals surface area (Å²) in [5.41, 5.74) is 2.92. The number of aliphatic imine (C=N–C) groups is 1. The van der Waals surface area contributed by atoms with E-state index in [0.29, 0.717) is 0 Å². The van der Waals surface area contributed by atoms with Crippen molar-refractivity contribution in [3.8, 4) is 11.8 Å². The second-order valence-electron chi connectivity index (χ2n) is 4.55. The van der Waals surface area contributed by atoms with E-state index in [1.54, 1.807) is 0 Å². The molecule has 0 atom stereocenters. The molecule has 0 fully saturated rings. The summed E-state index contributed by atoms with van der Waals surface area (Å²) in [6.07, 6.45) is 0. The minimum Gasteiger partial charge on any atom is -0.273 e. The molecule has 2 aromatic rings. The van der Waals surface area contributed by atoms with Gasteiger partial charge in [0.2, 0.25) is 0 Å². The van der Waals surface area contributed by atoms with Crippen molar-refractivity contribution in [2.75, 3.05) is 0 Å². The molecule has 0 heterocycles. The van der Waals surface area contributed by atoms with Crippen LogP contribution in [-0.4, -0.2) is 11.8 Å². The molecule has 0 aliphatic rings. The van der Waals surface area contributed by atoms with Crippen LogP contribution in [0.3, 0.4) is 0 Å². The van der Waals surface area contributed by atoms with Gasteiger partial charge in [0.25, 0.3) is 0 Å². The Hall–Kier alpha value is -2.33. The predicted molar refractivity (Wildman–Crippen MR) is 81.4 cm³/mol. The van der Waals surface area contributed by atoms with E-state index in [-0.39, 0.29) is 6.04 Å². The fraction of sp³-hybridized carbons (Fsp3) is 0.167. The minimum absolute atomic E-state index is 0.236. The van der Waals surface area contributed by atoms with Gasteiger partial charge in [-0.1, -0.05) is 54.5 Å². The van der Waals surface area contributed by atoms with Gasteiger partial charge in [0.05, 0.1) is 0 Å². The fourth-order valence-corrected chi connectivity index (χ4v) is 1.69. The molecule has 2 rings (SSSR count). The molecule has 0 aromatic heterocycles. The van der Waals surface area contributed by atoms with Crippen LogP contribution in [0.1, 0.15) is 25.0 Å². The highest BCUT2D eigenvalue weighted by molar-refractivity contribution is 6.13. The van der Waals surface area contributed by atoms with Gasteiger partial charge in [-0.25, -0.2) is 0 Å². The quantitative estimate of drug-likeness (QED) is 0.563. The lowest BCUT2D eigenvalue weighted by molar-refractivity contribution is 0.838. The second kappa shape index (κ2) is 6.56. The zero-order chi connectivity index (χ0) is 13.5. The molecule has 0 saturated heterocycles. The molecule has 0 radical (unpaired) electrons. The highest BCUT2D eigenvalue weighted by atomic mass is 14.8. The first-order chi connectivity index (χ1) is 9.25. The maximum atomic E-state index is 4.61. The van der Waals surface area contributed by atoms with Crippen LogP contribution in [0, 0.1) is 11.8 Å². The van der Waals surface area contributed by atoms with Crippen LogP contribution in [0.15, 0.2) is 65.7 Å². The van der Waals surface area contributed by atoms with Crippen LogP contribution in [0.2, 0.25) is 0 Å². The van der Waals surface area contributed by atoms with Crippen molar-refractivity contribution < 1.29 is 0 Å². The molecular weight excluding hydrogens is 230 g/mol. The Balaban J connectivity index is 2.34. The molecule has 0 unspecified atom stereocenters. The summed E-state index contributed by atoms with van der Waals surface area (Å²) in [5.74, 6) is 6.35. The standard InChI is InChI=1S/C18H17N/c1-15(2)19-18(17-11-7-4-8-12-17)14-13-16-9-5-3-6-10-16/h3-12,15H,1-2H3. The first-order valence-electron chi connectivity index (χ1n) is 6.46. The van der Waals surface area contributed by atoms with Gasteiger partial charge in [-0.2, -0.15) is 0 Å². The van der Waals surface area contributed by atoms with Crippen LogP contribution in [0.25, 0.3) is 0 Å². The minimum atomic E-state index is 0.236. The lowest BCUT2D eigenvalue weighted by atomic mass is 10.1. The molecule has 1 nitrogen and oxygen atoms in total. The number of rotatable bonds is 2. The van der Waals surface area contributed by atoms with E-state index in [1.807, 2.05) is 60.7 Å². The molecule has 0 bridgehead atoms. The first kappa shape index (κ1) is 13.1. The van der Waals surface area contributed by atoms with Gasteiger partial charge in [-0.15, -0.1) is 0 Å². The van der Waals surface area contributed by atoms with Crippen LogP contribution in [0.5, 0.6) is 0 Å². The maximum absolute atomic E-state index is 4.61. The van der Waals surface area contributed by atoms with Crippen molar-refractivity contribution >= 4 is 5.71 Å². The fourth-order valence-electron chi connectivity index (χ4n) is 1.69. The van der Waals surface area contributed by atoms with Gasteiger partial charge in [0.15, 0.2) is 0 Å². The topological polar surface area (TPSA) is 12.4 Å². The smallest absolute Gasteiger partial charge is 0.115 e. The Morgan fingerprint density at radius 2 is 1.47 bits per heavy atom. The molecule has 0 spiro atoms. The van der Waals surface area contributed by atoms with Gasteiger partial charge in [-0.05, 0) is 31.9 Å². The van der Waals surface area contributed by atoms with Gasteiger partial charge in [-0.3, -0.25) is 4.99 Å². The van der Waals surface area contributed by atoms with Gasteiger partial charge < -0.3 is 0 Å². The molecule has 94 valence electrons. The number of hydrogen-bond acceptors (Lipinski definition) is 1. The average molecular weight is 247 g/mol. The Labute approximate surface area is 115 Å². The van der Waals surface area contributed by atoms with Crippen molar-refractivity contribution in [2.45, 2.75) is 19.9 Å². The molecule has 0 aliphatic carbocycles. The Morgan fingerprint density at radius 3 is 2.05 bits per heavy atom. The summed E-state index contributed by atoms with van der Waals surface area (Å²) >= 11 is 0. The maximum Gasteiger partial charge on any atom is 0.115 e. The van der Waals surface area contributed by atoms with Crippen LogP contribution in [0.4, 0.5) is 0 Å². The molecule has 0 amide bonds.